The molecule has 0 N–H and O–H groups in total. The zero-order valence-corrected chi connectivity index (χ0v) is 19.6. The highest BCUT2D eigenvalue weighted by atomic mass is 79.9. The SMILES string of the molecule is COc1ccc(CN2C(=O)C(C)(C)SCC2(C)c2cc(Br)ccc2F)c(OC)c1. The molecule has 0 saturated carbocycles. The molecule has 1 unspecified atom stereocenters. The number of amides is 1. The molecule has 4 nitrogen and oxygen atoms in total. The van der Waals surface area contributed by atoms with Crippen LogP contribution in [0.15, 0.2) is 40.9 Å². The lowest BCUT2D eigenvalue weighted by Gasteiger charge is -2.50. The van der Waals surface area contributed by atoms with Gasteiger partial charge in [0.25, 0.3) is 0 Å². The molecular formula is C22H25BrFNO3S. The number of hydrogen-bond acceptors (Lipinski definition) is 4. The number of halogens is 2. The molecular weight excluding hydrogens is 457 g/mol. The highest BCUT2D eigenvalue weighted by Crippen LogP contribution is 2.46. The molecule has 2 aromatic carbocycles. The van der Waals surface area contributed by atoms with Crippen molar-refractivity contribution >= 4 is 33.6 Å². The van der Waals surface area contributed by atoms with Crippen LogP contribution < -0.4 is 9.47 Å². The molecule has 7 heteroatoms. The second-order valence-electron chi connectivity index (χ2n) is 7.77. The lowest BCUT2D eigenvalue weighted by molar-refractivity contribution is -0.140. The smallest absolute Gasteiger partial charge is 0.239 e. The first-order chi connectivity index (χ1) is 13.6. The molecule has 1 heterocycles. The van der Waals surface area contributed by atoms with Crippen LogP contribution in [0.4, 0.5) is 4.39 Å². The lowest BCUT2D eigenvalue weighted by Crippen LogP contribution is -2.59. The van der Waals surface area contributed by atoms with E-state index in [2.05, 4.69) is 15.9 Å². The van der Waals surface area contributed by atoms with Gasteiger partial charge < -0.3 is 14.4 Å². The van der Waals surface area contributed by atoms with Crippen molar-refractivity contribution in [1.29, 1.82) is 0 Å². The summed E-state index contributed by atoms with van der Waals surface area (Å²) >= 11 is 4.99. The Morgan fingerprint density at radius 3 is 2.52 bits per heavy atom. The van der Waals surface area contributed by atoms with Gasteiger partial charge in [-0.1, -0.05) is 15.9 Å². The van der Waals surface area contributed by atoms with Crippen molar-refractivity contribution in [3.8, 4) is 11.5 Å². The second kappa shape index (κ2) is 8.19. The third-order valence-electron chi connectivity index (χ3n) is 5.40. The summed E-state index contributed by atoms with van der Waals surface area (Å²) in [4.78, 5) is 15.2. The van der Waals surface area contributed by atoms with Crippen LogP contribution in [0.3, 0.4) is 0 Å². The Hall–Kier alpha value is -1.73. The van der Waals surface area contributed by atoms with Crippen LogP contribution >= 0.6 is 27.7 Å². The van der Waals surface area contributed by atoms with Crippen LogP contribution in [0.5, 0.6) is 11.5 Å². The standard InChI is InChI=1S/C22H25BrFNO3S/c1-21(2)20(26)25(12-14-6-8-16(27-4)11-19(14)28-5)22(3,13-29-21)17-10-15(23)7-9-18(17)24/h6-11H,12-13H2,1-5H3. The number of carbonyl (C=O) groups excluding carboxylic acids is 1. The third-order valence-corrected chi connectivity index (χ3v) is 7.50. The average Bonchev–Trinajstić information content (AvgIpc) is 2.70. The second-order valence-corrected chi connectivity index (χ2v) is 10.3. The maximum absolute atomic E-state index is 14.9. The van der Waals surface area contributed by atoms with E-state index in [1.165, 1.54) is 6.07 Å². The molecule has 1 saturated heterocycles. The fraction of sp³-hybridized carbons (Fsp3) is 0.409. The molecule has 2 aromatic rings. The van der Waals surface area contributed by atoms with Crippen molar-refractivity contribution in [3.05, 3.63) is 57.8 Å². The van der Waals surface area contributed by atoms with Crippen LogP contribution in [0.2, 0.25) is 0 Å². The van der Waals surface area contributed by atoms with Crippen LogP contribution in [0, 0.1) is 5.82 Å². The normalized spacial score (nSPS) is 21.2. The number of hydrogen-bond donors (Lipinski definition) is 0. The Labute approximate surface area is 183 Å². The quantitative estimate of drug-likeness (QED) is 0.574. The van der Waals surface area contributed by atoms with Crippen molar-refractivity contribution < 1.29 is 18.7 Å². The minimum Gasteiger partial charge on any atom is -0.497 e. The summed E-state index contributed by atoms with van der Waals surface area (Å²) in [6.07, 6.45) is 0. The molecule has 1 amide bonds. The fourth-order valence-electron chi connectivity index (χ4n) is 3.54. The number of thioether (sulfide) groups is 1. The summed E-state index contributed by atoms with van der Waals surface area (Å²) in [5.74, 6) is 1.53. The van der Waals surface area contributed by atoms with Gasteiger partial charge in [-0.25, -0.2) is 4.39 Å². The van der Waals surface area contributed by atoms with Crippen LogP contribution in [0.1, 0.15) is 31.9 Å². The van der Waals surface area contributed by atoms with E-state index < -0.39 is 10.3 Å². The van der Waals surface area contributed by atoms with Crippen molar-refractivity contribution in [1.82, 2.24) is 4.90 Å². The highest BCUT2D eigenvalue weighted by Gasteiger charge is 2.49. The molecule has 0 radical (unpaired) electrons. The molecule has 1 aliphatic rings. The Kier molecular flexibility index (Phi) is 6.20. The monoisotopic (exact) mass is 481 g/mol. The van der Waals surface area contributed by atoms with E-state index in [0.29, 0.717) is 29.4 Å². The van der Waals surface area contributed by atoms with Crippen LogP contribution in [-0.4, -0.2) is 35.5 Å². The molecule has 0 spiro atoms. The van der Waals surface area contributed by atoms with Gasteiger partial charge in [0, 0.05) is 27.4 Å². The number of benzene rings is 2. The highest BCUT2D eigenvalue weighted by molar-refractivity contribution is 9.10. The Balaban J connectivity index is 2.10. The van der Waals surface area contributed by atoms with E-state index in [1.54, 1.807) is 49.1 Å². The van der Waals surface area contributed by atoms with E-state index in [-0.39, 0.29) is 11.7 Å². The summed E-state index contributed by atoms with van der Waals surface area (Å²) < 4.78 is 25.9. The zero-order chi connectivity index (χ0) is 21.4. The van der Waals surface area contributed by atoms with Gasteiger partial charge in [0.1, 0.15) is 17.3 Å². The lowest BCUT2D eigenvalue weighted by atomic mass is 9.89. The Morgan fingerprint density at radius 1 is 1.14 bits per heavy atom. The van der Waals surface area contributed by atoms with E-state index in [4.69, 9.17) is 9.47 Å². The first kappa shape index (κ1) is 22.0. The van der Waals surface area contributed by atoms with Crippen molar-refractivity contribution in [2.45, 2.75) is 37.6 Å². The van der Waals surface area contributed by atoms with Gasteiger partial charge in [0.15, 0.2) is 0 Å². The van der Waals surface area contributed by atoms with Gasteiger partial charge in [-0.15, -0.1) is 11.8 Å². The molecule has 0 bridgehead atoms. The van der Waals surface area contributed by atoms with E-state index in [9.17, 15) is 9.18 Å². The van der Waals surface area contributed by atoms with Gasteiger partial charge in [-0.05, 0) is 51.1 Å². The van der Waals surface area contributed by atoms with E-state index in [0.717, 1.165) is 10.0 Å². The number of methoxy groups -OCH3 is 2. The number of carbonyl (C=O) groups is 1. The zero-order valence-electron chi connectivity index (χ0n) is 17.2. The van der Waals surface area contributed by atoms with Gasteiger partial charge in [-0.2, -0.15) is 0 Å². The van der Waals surface area contributed by atoms with E-state index in [1.807, 2.05) is 32.9 Å². The minimum atomic E-state index is -0.809. The number of nitrogens with zero attached hydrogens (tertiary/aromatic N) is 1. The molecule has 3 rings (SSSR count). The van der Waals surface area contributed by atoms with Crippen LogP contribution in [-0.2, 0) is 16.9 Å². The summed E-state index contributed by atoms with van der Waals surface area (Å²) in [7, 11) is 3.18. The van der Waals surface area contributed by atoms with Gasteiger partial charge >= 0.3 is 0 Å². The average molecular weight is 482 g/mol. The summed E-state index contributed by atoms with van der Waals surface area (Å²) in [5, 5.41) is 0. The van der Waals surface area contributed by atoms with Gasteiger partial charge in [0.2, 0.25) is 5.91 Å². The van der Waals surface area contributed by atoms with Crippen molar-refractivity contribution in [3.63, 3.8) is 0 Å². The number of ether oxygens (including phenoxy) is 2. The molecule has 1 atom stereocenters. The maximum Gasteiger partial charge on any atom is 0.239 e. The Bertz CT molecular complexity index is 936. The minimum absolute atomic E-state index is 0.0338. The first-order valence-corrected chi connectivity index (χ1v) is 11.0. The first-order valence-electron chi connectivity index (χ1n) is 9.25. The van der Waals surface area contributed by atoms with Gasteiger partial charge in [0.05, 0.1) is 31.1 Å². The topological polar surface area (TPSA) is 38.8 Å². The molecule has 0 aliphatic carbocycles. The fourth-order valence-corrected chi connectivity index (χ4v) is 5.09. The van der Waals surface area contributed by atoms with E-state index >= 15 is 0 Å². The predicted molar refractivity (Wildman–Crippen MR) is 118 cm³/mol. The summed E-state index contributed by atoms with van der Waals surface area (Å²) in [6, 6.07) is 10.4. The summed E-state index contributed by atoms with van der Waals surface area (Å²) in [6.45, 7) is 6.05. The third kappa shape index (κ3) is 4.12. The van der Waals surface area contributed by atoms with Crippen LogP contribution in [0.25, 0.3) is 0 Å². The molecule has 1 fully saturated rings. The van der Waals surface area contributed by atoms with Crippen molar-refractivity contribution in [2.24, 2.45) is 0 Å². The van der Waals surface area contributed by atoms with Gasteiger partial charge in [-0.3, -0.25) is 4.79 Å². The Morgan fingerprint density at radius 2 is 1.86 bits per heavy atom. The molecule has 156 valence electrons. The molecule has 0 aromatic heterocycles. The van der Waals surface area contributed by atoms with Crippen molar-refractivity contribution in [2.75, 3.05) is 20.0 Å². The molecule has 1 aliphatic heterocycles. The predicted octanol–water partition coefficient (Wildman–Crippen LogP) is 5.37. The largest absolute Gasteiger partial charge is 0.497 e. The summed E-state index contributed by atoms with van der Waals surface area (Å²) in [5.41, 5.74) is 0.525. The molecule has 29 heavy (non-hydrogen) atoms. The number of rotatable bonds is 5. The maximum atomic E-state index is 14.9.